The molecule has 1 heterocycles. The van der Waals surface area contributed by atoms with Crippen LogP contribution in [0.1, 0.15) is 25.0 Å². The molecule has 0 unspecified atom stereocenters. The Labute approximate surface area is 298 Å². The molecule has 10 rings (SSSR count). The van der Waals surface area contributed by atoms with Gasteiger partial charge in [-0.3, -0.25) is 0 Å². The van der Waals surface area contributed by atoms with Gasteiger partial charge >= 0.3 is 0 Å². The Bertz CT molecular complexity index is 2750. The zero-order valence-corrected chi connectivity index (χ0v) is 28.7. The van der Waals surface area contributed by atoms with Gasteiger partial charge < -0.3 is 9.47 Å². The molecule has 0 saturated heterocycles. The van der Waals surface area contributed by atoms with Gasteiger partial charge in [0, 0.05) is 38.9 Å². The van der Waals surface area contributed by atoms with Crippen LogP contribution in [0.15, 0.2) is 182 Å². The van der Waals surface area contributed by atoms with Gasteiger partial charge in [0.1, 0.15) is 0 Å². The average Bonchev–Trinajstić information content (AvgIpc) is 3.64. The lowest BCUT2D eigenvalue weighted by Gasteiger charge is -2.27. The molecule has 51 heavy (non-hydrogen) atoms. The molecule has 0 amide bonds. The van der Waals surface area contributed by atoms with E-state index in [1.807, 2.05) is 0 Å². The minimum Gasteiger partial charge on any atom is -0.310 e. The standard InChI is InChI=1S/C49H36N2/c1-49(2)45-19-11-9-17-41(45)43-28-23-35-31-38(26-29-40(35)48(43)49)50(37-24-21-34(22-25-37)33-13-5-3-6-14-33)39-27-30-47-44(32-39)42-18-10-12-20-46(42)51(47)36-15-7-4-8-16-36/h3-32H,1-2H3. The second-order valence-corrected chi connectivity index (χ2v) is 14.2. The summed E-state index contributed by atoms with van der Waals surface area (Å²) in [6.45, 7) is 4.74. The highest BCUT2D eigenvalue weighted by atomic mass is 15.1. The molecule has 0 aliphatic heterocycles. The summed E-state index contributed by atoms with van der Waals surface area (Å²) in [5.74, 6) is 0. The number of hydrogen-bond donors (Lipinski definition) is 0. The molecule has 9 aromatic rings. The Morgan fingerprint density at radius 3 is 1.88 bits per heavy atom. The van der Waals surface area contributed by atoms with E-state index in [9.17, 15) is 0 Å². The fourth-order valence-electron chi connectivity index (χ4n) is 8.59. The number of rotatable bonds is 5. The van der Waals surface area contributed by atoms with Gasteiger partial charge in [-0.1, -0.05) is 135 Å². The van der Waals surface area contributed by atoms with E-state index in [-0.39, 0.29) is 5.41 Å². The van der Waals surface area contributed by atoms with Crippen LogP contribution in [0.4, 0.5) is 17.1 Å². The van der Waals surface area contributed by atoms with E-state index < -0.39 is 0 Å². The number of para-hydroxylation sites is 2. The number of anilines is 3. The highest BCUT2D eigenvalue weighted by molar-refractivity contribution is 6.11. The lowest BCUT2D eigenvalue weighted by molar-refractivity contribution is 0.666. The maximum absolute atomic E-state index is 2.41. The summed E-state index contributed by atoms with van der Waals surface area (Å²) in [5, 5.41) is 5.04. The molecule has 2 heteroatoms. The third kappa shape index (κ3) is 4.57. The van der Waals surface area contributed by atoms with Crippen molar-refractivity contribution in [1.29, 1.82) is 0 Å². The Morgan fingerprint density at radius 2 is 1.06 bits per heavy atom. The highest BCUT2D eigenvalue weighted by Crippen LogP contribution is 2.52. The van der Waals surface area contributed by atoms with Crippen molar-refractivity contribution < 1.29 is 0 Å². The zero-order valence-electron chi connectivity index (χ0n) is 28.7. The first-order valence-electron chi connectivity index (χ1n) is 17.8. The van der Waals surface area contributed by atoms with Crippen LogP contribution in [0.2, 0.25) is 0 Å². The van der Waals surface area contributed by atoms with Crippen LogP contribution in [0.25, 0.3) is 60.5 Å². The summed E-state index contributed by atoms with van der Waals surface area (Å²) in [4.78, 5) is 2.41. The summed E-state index contributed by atoms with van der Waals surface area (Å²) in [7, 11) is 0. The van der Waals surface area contributed by atoms with E-state index in [4.69, 9.17) is 0 Å². The van der Waals surface area contributed by atoms with Crippen LogP contribution in [0.3, 0.4) is 0 Å². The minimum atomic E-state index is -0.0715. The van der Waals surface area contributed by atoms with Gasteiger partial charge in [0.25, 0.3) is 0 Å². The first-order chi connectivity index (χ1) is 25.1. The summed E-state index contributed by atoms with van der Waals surface area (Å²) in [5.41, 5.74) is 14.8. The topological polar surface area (TPSA) is 8.17 Å². The molecule has 0 bridgehead atoms. The predicted molar refractivity (Wildman–Crippen MR) is 216 cm³/mol. The number of aromatic nitrogens is 1. The average molecular weight is 653 g/mol. The van der Waals surface area contributed by atoms with Crippen molar-refractivity contribution in [1.82, 2.24) is 4.57 Å². The second-order valence-electron chi connectivity index (χ2n) is 14.2. The van der Waals surface area contributed by atoms with E-state index in [0.717, 1.165) is 22.7 Å². The smallest absolute Gasteiger partial charge is 0.0542 e. The van der Waals surface area contributed by atoms with Crippen molar-refractivity contribution in [3.8, 4) is 27.9 Å². The highest BCUT2D eigenvalue weighted by Gasteiger charge is 2.36. The van der Waals surface area contributed by atoms with Gasteiger partial charge in [-0.2, -0.15) is 0 Å². The minimum absolute atomic E-state index is 0.0715. The summed E-state index contributed by atoms with van der Waals surface area (Å²) in [6.07, 6.45) is 0. The first-order valence-corrected chi connectivity index (χ1v) is 17.8. The molecule has 8 aromatic carbocycles. The third-order valence-electron chi connectivity index (χ3n) is 10.9. The van der Waals surface area contributed by atoms with Crippen molar-refractivity contribution in [2.45, 2.75) is 19.3 Å². The van der Waals surface area contributed by atoms with Crippen LogP contribution in [0, 0.1) is 0 Å². The molecule has 0 radical (unpaired) electrons. The van der Waals surface area contributed by atoms with Gasteiger partial charge in [-0.25, -0.2) is 0 Å². The zero-order chi connectivity index (χ0) is 34.1. The molecule has 0 fully saturated rings. The monoisotopic (exact) mass is 652 g/mol. The van der Waals surface area contributed by atoms with Crippen molar-refractivity contribution >= 4 is 49.6 Å². The number of hydrogen-bond acceptors (Lipinski definition) is 1. The van der Waals surface area contributed by atoms with Crippen LogP contribution < -0.4 is 4.90 Å². The van der Waals surface area contributed by atoms with Crippen molar-refractivity contribution in [2.75, 3.05) is 4.90 Å². The molecule has 2 nitrogen and oxygen atoms in total. The van der Waals surface area contributed by atoms with Gasteiger partial charge in [-0.05, 0) is 105 Å². The van der Waals surface area contributed by atoms with E-state index in [1.165, 1.54) is 66.0 Å². The van der Waals surface area contributed by atoms with Gasteiger partial charge in [0.05, 0.1) is 11.0 Å². The number of benzene rings is 8. The Morgan fingerprint density at radius 1 is 0.431 bits per heavy atom. The van der Waals surface area contributed by atoms with E-state index in [2.05, 4.69) is 205 Å². The maximum Gasteiger partial charge on any atom is 0.0542 e. The van der Waals surface area contributed by atoms with Gasteiger partial charge in [0.15, 0.2) is 0 Å². The van der Waals surface area contributed by atoms with Crippen molar-refractivity contribution in [3.63, 3.8) is 0 Å². The second kappa shape index (κ2) is 11.3. The molecule has 0 spiro atoms. The lowest BCUT2D eigenvalue weighted by atomic mass is 9.80. The Hall–Kier alpha value is -6.38. The summed E-state index contributed by atoms with van der Waals surface area (Å²) >= 11 is 0. The van der Waals surface area contributed by atoms with E-state index >= 15 is 0 Å². The van der Waals surface area contributed by atoms with E-state index in [1.54, 1.807) is 0 Å². The Balaban J connectivity index is 1.17. The summed E-state index contributed by atoms with van der Waals surface area (Å²) in [6, 6.07) is 66.5. The maximum atomic E-state index is 2.41. The quantitative estimate of drug-likeness (QED) is 0.180. The normalized spacial score (nSPS) is 13.1. The van der Waals surface area contributed by atoms with Crippen molar-refractivity contribution in [3.05, 3.63) is 193 Å². The molecule has 0 atom stereocenters. The first kappa shape index (κ1) is 29.5. The van der Waals surface area contributed by atoms with Crippen molar-refractivity contribution in [2.24, 2.45) is 0 Å². The SMILES string of the molecule is CC1(C)c2ccccc2-c2ccc3cc(N(c4ccc(-c5ccccc5)cc4)c4ccc5c(c4)c4ccccc4n5-c4ccccc4)ccc3c21. The van der Waals surface area contributed by atoms with Crippen LogP contribution in [-0.4, -0.2) is 4.57 Å². The van der Waals surface area contributed by atoms with Crippen LogP contribution in [-0.2, 0) is 5.41 Å². The molecule has 0 saturated carbocycles. The molecular weight excluding hydrogens is 617 g/mol. The predicted octanol–water partition coefficient (Wildman–Crippen LogP) is 13.4. The molecule has 0 N–H and O–H groups in total. The molecule has 1 aromatic heterocycles. The molecule has 242 valence electrons. The number of fused-ring (bicyclic) bond motifs is 8. The fraction of sp³-hybridized carbons (Fsp3) is 0.0612. The molecule has 1 aliphatic rings. The van der Waals surface area contributed by atoms with Crippen LogP contribution >= 0.6 is 0 Å². The largest absolute Gasteiger partial charge is 0.310 e. The summed E-state index contributed by atoms with van der Waals surface area (Å²) < 4.78 is 2.38. The van der Waals surface area contributed by atoms with Crippen LogP contribution in [0.5, 0.6) is 0 Å². The third-order valence-corrected chi connectivity index (χ3v) is 10.9. The number of nitrogens with zero attached hydrogens (tertiary/aromatic N) is 2. The molecule has 1 aliphatic carbocycles. The lowest BCUT2D eigenvalue weighted by Crippen LogP contribution is -2.15. The fourth-order valence-corrected chi connectivity index (χ4v) is 8.59. The van der Waals surface area contributed by atoms with Gasteiger partial charge in [-0.15, -0.1) is 0 Å². The molecular formula is C49H36N2. The van der Waals surface area contributed by atoms with E-state index in [0.29, 0.717) is 0 Å². The Kier molecular flexibility index (Phi) is 6.56. The van der Waals surface area contributed by atoms with Gasteiger partial charge in [0.2, 0.25) is 0 Å².